The first-order valence-corrected chi connectivity index (χ1v) is 9.05. The molecule has 0 spiro atoms. The molecule has 3 amide bonds. The SMILES string of the molecule is CC1(c2cccc3ccccc23)NC(=O)N(Cc2nnc(-c3ccco3)o2)C1=O. The average molecular weight is 388 g/mol. The van der Waals surface area contributed by atoms with E-state index in [1.54, 1.807) is 19.1 Å². The van der Waals surface area contributed by atoms with E-state index < -0.39 is 11.6 Å². The molecule has 0 saturated carbocycles. The predicted molar refractivity (Wildman–Crippen MR) is 102 cm³/mol. The molecule has 29 heavy (non-hydrogen) atoms. The number of amides is 3. The highest BCUT2D eigenvalue weighted by Crippen LogP contribution is 2.34. The quantitative estimate of drug-likeness (QED) is 0.537. The normalized spacial score (nSPS) is 19.1. The summed E-state index contributed by atoms with van der Waals surface area (Å²) < 4.78 is 10.8. The lowest BCUT2D eigenvalue weighted by Gasteiger charge is -2.23. The Hall–Kier alpha value is -3.94. The van der Waals surface area contributed by atoms with Gasteiger partial charge in [0.2, 0.25) is 5.89 Å². The fraction of sp³-hybridized carbons (Fsp3) is 0.143. The summed E-state index contributed by atoms with van der Waals surface area (Å²) in [6.07, 6.45) is 1.49. The van der Waals surface area contributed by atoms with Gasteiger partial charge in [0.25, 0.3) is 11.8 Å². The molecule has 3 heterocycles. The summed E-state index contributed by atoms with van der Waals surface area (Å²) in [7, 11) is 0. The van der Waals surface area contributed by atoms with Gasteiger partial charge in [-0.25, -0.2) is 4.79 Å². The maximum atomic E-state index is 13.3. The third kappa shape index (κ3) is 2.68. The third-order valence-corrected chi connectivity index (χ3v) is 5.10. The second kappa shape index (κ2) is 6.30. The molecule has 8 heteroatoms. The van der Waals surface area contributed by atoms with Crippen LogP contribution in [0, 0.1) is 0 Å². The van der Waals surface area contributed by atoms with E-state index in [9.17, 15) is 9.59 Å². The lowest BCUT2D eigenvalue weighted by molar-refractivity contribution is -0.131. The molecular weight excluding hydrogens is 372 g/mol. The molecule has 1 atom stereocenters. The van der Waals surface area contributed by atoms with Crippen molar-refractivity contribution < 1.29 is 18.4 Å². The van der Waals surface area contributed by atoms with Crippen LogP contribution in [0.25, 0.3) is 22.4 Å². The molecule has 2 aromatic carbocycles. The first-order chi connectivity index (χ1) is 14.1. The fourth-order valence-corrected chi connectivity index (χ4v) is 3.64. The van der Waals surface area contributed by atoms with Crippen molar-refractivity contribution in [1.29, 1.82) is 0 Å². The minimum Gasteiger partial charge on any atom is -0.459 e. The monoisotopic (exact) mass is 388 g/mol. The Labute approximate surface area is 165 Å². The van der Waals surface area contributed by atoms with Crippen LogP contribution in [0.5, 0.6) is 0 Å². The van der Waals surface area contributed by atoms with Gasteiger partial charge in [-0.15, -0.1) is 10.2 Å². The van der Waals surface area contributed by atoms with Crippen LogP contribution in [0.3, 0.4) is 0 Å². The third-order valence-electron chi connectivity index (χ3n) is 5.10. The highest BCUT2D eigenvalue weighted by atomic mass is 16.4. The first kappa shape index (κ1) is 17.2. The molecule has 1 unspecified atom stereocenters. The largest absolute Gasteiger partial charge is 0.459 e. The summed E-state index contributed by atoms with van der Waals surface area (Å²) in [5.74, 6) is 0.370. The smallest absolute Gasteiger partial charge is 0.325 e. The maximum Gasteiger partial charge on any atom is 0.325 e. The van der Waals surface area contributed by atoms with Crippen molar-refractivity contribution in [2.24, 2.45) is 0 Å². The number of furan rings is 1. The van der Waals surface area contributed by atoms with Gasteiger partial charge in [0.1, 0.15) is 12.1 Å². The van der Waals surface area contributed by atoms with Crippen molar-refractivity contribution in [3.8, 4) is 11.7 Å². The Morgan fingerprint density at radius 3 is 2.69 bits per heavy atom. The molecule has 0 radical (unpaired) electrons. The van der Waals surface area contributed by atoms with E-state index in [2.05, 4.69) is 15.5 Å². The topological polar surface area (TPSA) is 101 Å². The van der Waals surface area contributed by atoms with Crippen LogP contribution in [0.4, 0.5) is 4.79 Å². The molecule has 1 aliphatic rings. The van der Waals surface area contributed by atoms with Gasteiger partial charge in [0.05, 0.1) is 6.26 Å². The molecule has 1 aliphatic heterocycles. The van der Waals surface area contributed by atoms with Crippen LogP contribution >= 0.6 is 0 Å². The zero-order chi connectivity index (χ0) is 20.0. The fourth-order valence-electron chi connectivity index (χ4n) is 3.64. The molecule has 0 aliphatic carbocycles. The highest BCUT2D eigenvalue weighted by molar-refractivity contribution is 6.09. The van der Waals surface area contributed by atoms with Gasteiger partial charge in [-0.1, -0.05) is 42.5 Å². The van der Waals surface area contributed by atoms with Crippen LogP contribution in [-0.2, 0) is 16.9 Å². The van der Waals surface area contributed by atoms with Gasteiger partial charge in [-0.3, -0.25) is 9.69 Å². The summed E-state index contributed by atoms with van der Waals surface area (Å²) >= 11 is 0. The zero-order valence-electron chi connectivity index (χ0n) is 15.5. The van der Waals surface area contributed by atoms with Crippen LogP contribution < -0.4 is 5.32 Å². The second-order valence-corrected chi connectivity index (χ2v) is 6.95. The van der Waals surface area contributed by atoms with Crippen molar-refractivity contribution in [2.45, 2.75) is 19.0 Å². The average Bonchev–Trinajstić information content (AvgIpc) is 3.46. The lowest BCUT2D eigenvalue weighted by atomic mass is 9.88. The number of nitrogens with zero attached hydrogens (tertiary/aromatic N) is 3. The van der Waals surface area contributed by atoms with Gasteiger partial charge in [0, 0.05) is 0 Å². The van der Waals surface area contributed by atoms with Gasteiger partial charge < -0.3 is 14.2 Å². The predicted octanol–water partition coefficient (Wildman–Crippen LogP) is 3.45. The molecule has 8 nitrogen and oxygen atoms in total. The number of carbonyl (C=O) groups excluding carboxylic acids is 2. The van der Waals surface area contributed by atoms with E-state index in [4.69, 9.17) is 8.83 Å². The number of carbonyl (C=O) groups is 2. The second-order valence-electron chi connectivity index (χ2n) is 6.95. The number of hydrogen-bond acceptors (Lipinski definition) is 6. The van der Waals surface area contributed by atoms with E-state index >= 15 is 0 Å². The Morgan fingerprint density at radius 1 is 1.03 bits per heavy atom. The summed E-state index contributed by atoms with van der Waals surface area (Å²) in [5.41, 5.74) is -0.458. The number of aromatic nitrogens is 2. The summed E-state index contributed by atoms with van der Waals surface area (Å²) in [5, 5.41) is 12.6. The summed E-state index contributed by atoms with van der Waals surface area (Å²) in [6.45, 7) is 1.58. The zero-order valence-corrected chi connectivity index (χ0v) is 15.5. The van der Waals surface area contributed by atoms with Crippen LogP contribution in [0.15, 0.2) is 69.7 Å². The van der Waals surface area contributed by atoms with Gasteiger partial charge in [-0.05, 0) is 35.4 Å². The first-order valence-electron chi connectivity index (χ1n) is 9.05. The molecule has 2 aromatic heterocycles. The standard InChI is InChI=1S/C21H16N4O4/c1-21(15-9-4-7-13-6-2-3-8-14(13)15)19(26)25(20(27)22-21)12-17-23-24-18(29-17)16-10-5-11-28-16/h2-11H,12H2,1H3,(H,22,27). The minimum atomic E-state index is -1.19. The van der Waals surface area contributed by atoms with Crippen molar-refractivity contribution in [2.75, 3.05) is 0 Å². The number of nitrogens with one attached hydrogen (secondary N) is 1. The van der Waals surface area contributed by atoms with Crippen LogP contribution in [0.1, 0.15) is 18.4 Å². The Kier molecular flexibility index (Phi) is 3.73. The number of imide groups is 1. The van der Waals surface area contributed by atoms with Crippen molar-refractivity contribution in [3.63, 3.8) is 0 Å². The van der Waals surface area contributed by atoms with Crippen LogP contribution in [-0.4, -0.2) is 27.0 Å². The highest BCUT2D eigenvalue weighted by Gasteiger charge is 2.50. The van der Waals surface area contributed by atoms with Crippen molar-refractivity contribution in [3.05, 3.63) is 72.3 Å². The summed E-state index contributed by atoms with van der Waals surface area (Å²) in [4.78, 5) is 27.0. The minimum absolute atomic E-state index is 0.126. The van der Waals surface area contributed by atoms with E-state index in [0.29, 0.717) is 5.76 Å². The summed E-state index contributed by atoms with van der Waals surface area (Å²) in [6, 6.07) is 16.3. The molecule has 1 N–H and O–H groups in total. The number of hydrogen-bond donors (Lipinski definition) is 1. The van der Waals surface area contributed by atoms with Crippen molar-refractivity contribution >= 4 is 22.7 Å². The van der Waals surface area contributed by atoms with Gasteiger partial charge >= 0.3 is 6.03 Å². The molecule has 5 rings (SSSR count). The van der Waals surface area contributed by atoms with E-state index in [0.717, 1.165) is 21.2 Å². The molecular formula is C21H16N4O4. The molecule has 1 saturated heterocycles. The van der Waals surface area contributed by atoms with E-state index in [1.165, 1.54) is 6.26 Å². The van der Waals surface area contributed by atoms with Gasteiger partial charge in [-0.2, -0.15) is 0 Å². The Bertz CT molecular complexity index is 1230. The van der Waals surface area contributed by atoms with E-state index in [-0.39, 0.29) is 24.2 Å². The Balaban J connectivity index is 1.47. The number of rotatable bonds is 4. The Morgan fingerprint density at radius 2 is 1.86 bits per heavy atom. The lowest BCUT2D eigenvalue weighted by Crippen LogP contribution is -2.41. The number of urea groups is 1. The van der Waals surface area contributed by atoms with Gasteiger partial charge in [0.15, 0.2) is 5.76 Å². The van der Waals surface area contributed by atoms with E-state index in [1.807, 2.05) is 42.5 Å². The van der Waals surface area contributed by atoms with Crippen molar-refractivity contribution in [1.82, 2.24) is 20.4 Å². The van der Waals surface area contributed by atoms with Crippen LogP contribution in [0.2, 0.25) is 0 Å². The molecule has 144 valence electrons. The molecule has 1 fully saturated rings. The number of benzene rings is 2. The number of fused-ring (bicyclic) bond motifs is 1. The molecule has 4 aromatic rings. The maximum absolute atomic E-state index is 13.3. The molecule has 0 bridgehead atoms.